The van der Waals surface area contributed by atoms with Gasteiger partial charge in [0, 0.05) is 13.0 Å². The summed E-state index contributed by atoms with van der Waals surface area (Å²) in [7, 11) is 0. The molecule has 0 aliphatic carbocycles. The minimum absolute atomic E-state index is 0.130. The summed E-state index contributed by atoms with van der Waals surface area (Å²) in [6, 6.07) is 0. The van der Waals surface area contributed by atoms with Crippen LogP contribution in [0.25, 0.3) is 0 Å². The summed E-state index contributed by atoms with van der Waals surface area (Å²) in [5.41, 5.74) is 0.436. The van der Waals surface area contributed by atoms with Gasteiger partial charge in [-0.3, -0.25) is 4.79 Å². The average molecular weight is 168 g/mol. The van der Waals surface area contributed by atoms with Gasteiger partial charge in [0.25, 0.3) is 5.91 Å². The molecule has 1 amide bonds. The second kappa shape index (κ2) is 3.90. The predicted molar refractivity (Wildman–Crippen MR) is 43.9 cm³/mol. The summed E-state index contributed by atoms with van der Waals surface area (Å²) in [6.07, 6.45) is 2.05. The number of carbonyl (C=O) groups excluding carboxylic acids is 1. The standard InChI is InChI=1S/C6H6N2O2.C2H6/c9-6-5-4(1-2-7-6)10-3-8-5;1-2/h3H,1-2H2,(H,7,9);1-2H3. The molecule has 66 valence electrons. The molecule has 1 aliphatic rings. The van der Waals surface area contributed by atoms with E-state index in [1.165, 1.54) is 6.39 Å². The first kappa shape index (κ1) is 8.77. The van der Waals surface area contributed by atoms with E-state index in [0.717, 1.165) is 6.42 Å². The van der Waals surface area contributed by atoms with E-state index >= 15 is 0 Å². The number of rotatable bonds is 0. The maximum Gasteiger partial charge on any atom is 0.273 e. The molecule has 4 heteroatoms. The van der Waals surface area contributed by atoms with Crippen LogP contribution in [0, 0.1) is 0 Å². The SMILES string of the molecule is CC.O=C1NCCc2ocnc21. The predicted octanol–water partition coefficient (Wildman–Crippen LogP) is 0.987. The normalized spacial score (nSPS) is 14.0. The van der Waals surface area contributed by atoms with E-state index in [1.807, 2.05) is 13.8 Å². The van der Waals surface area contributed by atoms with Crippen LogP contribution in [0.1, 0.15) is 30.1 Å². The summed E-state index contributed by atoms with van der Waals surface area (Å²) in [5, 5.41) is 2.66. The fourth-order valence-electron chi connectivity index (χ4n) is 1.01. The first-order chi connectivity index (χ1) is 5.88. The van der Waals surface area contributed by atoms with Crippen LogP contribution in [0.5, 0.6) is 0 Å². The van der Waals surface area contributed by atoms with Gasteiger partial charge >= 0.3 is 0 Å². The van der Waals surface area contributed by atoms with E-state index in [1.54, 1.807) is 0 Å². The number of hydrogen-bond donors (Lipinski definition) is 1. The molecule has 0 atom stereocenters. The van der Waals surface area contributed by atoms with Crippen LogP contribution in [0.2, 0.25) is 0 Å². The van der Waals surface area contributed by atoms with Crippen LogP contribution in [-0.2, 0) is 6.42 Å². The number of nitrogens with one attached hydrogen (secondary N) is 1. The van der Waals surface area contributed by atoms with E-state index < -0.39 is 0 Å². The zero-order valence-corrected chi connectivity index (χ0v) is 7.26. The van der Waals surface area contributed by atoms with Gasteiger partial charge in [-0.25, -0.2) is 4.98 Å². The topological polar surface area (TPSA) is 55.1 Å². The molecule has 0 fully saturated rings. The van der Waals surface area contributed by atoms with Crippen molar-refractivity contribution in [3.63, 3.8) is 0 Å². The third kappa shape index (κ3) is 1.47. The van der Waals surface area contributed by atoms with Crippen LogP contribution in [-0.4, -0.2) is 17.4 Å². The molecule has 0 saturated carbocycles. The van der Waals surface area contributed by atoms with Gasteiger partial charge in [0.2, 0.25) is 0 Å². The molecule has 0 spiro atoms. The van der Waals surface area contributed by atoms with Crippen LogP contribution >= 0.6 is 0 Å². The highest BCUT2D eigenvalue weighted by molar-refractivity contribution is 5.93. The molecule has 0 bridgehead atoms. The first-order valence-corrected chi connectivity index (χ1v) is 4.08. The molecule has 0 aromatic carbocycles. The molecular formula is C8H12N2O2. The van der Waals surface area contributed by atoms with Crippen LogP contribution in [0.4, 0.5) is 0 Å². The Hall–Kier alpha value is -1.32. The van der Waals surface area contributed by atoms with Gasteiger partial charge in [-0.1, -0.05) is 13.8 Å². The second-order valence-corrected chi connectivity index (χ2v) is 2.13. The van der Waals surface area contributed by atoms with Crippen LogP contribution < -0.4 is 5.32 Å². The van der Waals surface area contributed by atoms with Gasteiger partial charge in [-0.15, -0.1) is 0 Å². The average Bonchev–Trinajstić information content (AvgIpc) is 2.57. The first-order valence-electron chi connectivity index (χ1n) is 4.08. The second-order valence-electron chi connectivity index (χ2n) is 2.13. The number of fused-ring (bicyclic) bond motifs is 1. The van der Waals surface area contributed by atoms with Crippen molar-refractivity contribution in [1.82, 2.24) is 10.3 Å². The van der Waals surface area contributed by atoms with Crippen LogP contribution in [0.15, 0.2) is 10.8 Å². The van der Waals surface area contributed by atoms with Gasteiger partial charge in [0.1, 0.15) is 5.76 Å². The number of carbonyl (C=O) groups is 1. The number of nitrogens with zero attached hydrogens (tertiary/aromatic N) is 1. The van der Waals surface area contributed by atoms with Crippen molar-refractivity contribution < 1.29 is 9.21 Å². The van der Waals surface area contributed by atoms with Crippen molar-refractivity contribution in [3.8, 4) is 0 Å². The van der Waals surface area contributed by atoms with Crippen molar-refractivity contribution in [2.75, 3.05) is 6.54 Å². The van der Waals surface area contributed by atoms with E-state index in [0.29, 0.717) is 18.0 Å². The lowest BCUT2D eigenvalue weighted by atomic mass is 10.2. The Morgan fingerprint density at radius 3 is 3.00 bits per heavy atom. The minimum Gasteiger partial charge on any atom is -0.448 e. The van der Waals surface area contributed by atoms with Crippen LogP contribution in [0.3, 0.4) is 0 Å². The maximum absolute atomic E-state index is 10.9. The highest BCUT2D eigenvalue weighted by Gasteiger charge is 2.20. The number of aromatic nitrogens is 1. The zero-order chi connectivity index (χ0) is 8.97. The minimum atomic E-state index is -0.130. The van der Waals surface area contributed by atoms with Gasteiger partial charge in [-0.05, 0) is 0 Å². The van der Waals surface area contributed by atoms with E-state index in [4.69, 9.17) is 4.42 Å². The Labute approximate surface area is 71.0 Å². The lowest BCUT2D eigenvalue weighted by molar-refractivity contribution is 0.0938. The Morgan fingerprint density at radius 1 is 1.58 bits per heavy atom. The monoisotopic (exact) mass is 168 g/mol. The summed E-state index contributed by atoms with van der Waals surface area (Å²) in [5.74, 6) is 0.568. The lowest BCUT2D eigenvalue weighted by Gasteiger charge is -2.07. The zero-order valence-electron chi connectivity index (χ0n) is 7.26. The van der Waals surface area contributed by atoms with Gasteiger partial charge in [-0.2, -0.15) is 0 Å². The molecule has 1 aromatic heterocycles. The van der Waals surface area contributed by atoms with E-state index in [2.05, 4.69) is 10.3 Å². The Bertz CT molecular complexity index is 268. The fraction of sp³-hybridized carbons (Fsp3) is 0.500. The summed E-state index contributed by atoms with van der Waals surface area (Å²) >= 11 is 0. The molecule has 2 rings (SSSR count). The molecule has 1 aliphatic heterocycles. The van der Waals surface area contributed by atoms with Crippen molar-refractivity contribution >= 4 is 5.91 Å². The Balaban J connectivity index is 0.000000336. The molecule has 0 saturated heterocycles. The Morgan fingerprint density at radius 2 is 2.33 bits per heavy atom. The lowest BCUT2D eigenvalue weighted by Crippen LogP contribution is -2.31. The summed E-state index contributed by atoms with van der Waals surface area (Å²) < 4.78 is 4.95. The van der Waals surface area contributed by atoms with E-state index in [-0.39, 0.29) is 5.91 Å². The molecule has 1 aromatic rings. The van der Waals surface area contributed by atoms with Crippen molar-refractivity contribution in [2.45, 2.75) is 20.3 Å². The smallest absolute Gasteiger partial charge is 0.273 e. The van der Waals surface area contributed by atoms with Crippen molar-refractivity contribution in [2.24, 2.45) is 0 Å². The largest absolute Gasteiger partial charge is 0.448 e. The van der Waals surface area contributed by atoms with Crippen molar-refractivity contribution in [3.05, 3.63) is 17.8 Å². The number of oxazole rings is 1. The molecule has 4 nitrogen and oxygen atoms in total. The molecule has 12 heavy (non-hydrogen) atoms. The summed E-state index contributed by atoms with van der Waals surface area (Å²) in [4.78, 5) is 14.7. The highest BCUT2D eigenvalue weighted by atomic mass is 16.3. The summed E-state index contributed by atoms with van der Waals surface area (Å²) in [6.45, 7) is 4.65. The molecule has 0 unspecified atom stereocenters. The molecular weight excluding hydrogens is 156 g/mol. The van der Waals surface area contributed by atoms with E-state index in [9.17, 15) is 4.79 Å². The molecule has 0 radical (unpaired) electrons. The Kier molecular flexibility index (Phi) is 2.85. The fourth-order valence-corrected chi connectivity index (χ4v) is 1.01. The molecule has 1 N–H and O–H groups in total. The highest BCUT2D eigenvalue weighted by Crippen LogP contribution is 2.10. The van der Waals surface area contributed by atoms with Gasteiger partial charge < -0.3 is 9.73 Å². The molecule has 2 heterocycles. The number of hydrogen-bond acceptors (Lipinski definition) is 3. The number of amides is 1. The third-order valence-electron chi connectivity index (χ3n) is 1.49. The van der Waals surface area contributed by atoms with Crippen molar-refractivity contribution in [1.29, 1.82) is 0 Å². The quantitative estimate of drug-likeness (QED) is 0.628. The third-order valence-corrected chi connectivity index (χ3v) is 1.49. The van der Waals surface area contributed by atoms with Gasteiger partial charge in [0.05, 0.1) is 0 Å². The maximum atomic E-state index is 10.9. The van der Waals surface area contributed by atoms with Gasteiger partial charge in [0.15, 0.2) is 12.1 Å².